The smallest absolute Gasteiger partial charge is 0.251 e. The van der Waals surface area contributed by atoms with E-state index in [0.717, 1.165) is 42.1 Å². The molecule has 1 saturated carbocycles. The third-order valence-electron chi connectivity index (χ3n) is 4.21. The molecular formula is C18H18N2O3S. The number of aromatic nitrogens is 1. The van der Waals surface area contributed by atoms with E-state index < -0.39 is 5.79 Å². The molecule has 1 amide bonds. The quantitative estimate of drug-likeness (QED) is 0.852. The van der Waals surface area contributed by atoms with E-state index in [2.05, 4.69) is 10.3 Å². The number of ether oxygens (including phenoxy) is 2. The number of thiazole rings is 1. The summed E-state index contributed by atoms with van der Waals surface area (Å²) in [6, 6.07) is 5.50. The summed E-state index contributed by atoms with van der Waals surface area (Å²) in [7, 11) is 0. The number of rotatable bonds is 3. The van der Waals surface area contributed by atoms with E-state index in [9.17, 15) is 4.79 Å². The summed E-state index contributed by atoms with van der Waals surface area (Å²) in [5.74, 6) is 0.778. The molecule has 2 heterocycles. The summed E-state index contributed by atoms with van der Waals surface area (Å²) in [4.78, 5) is 16.3. The van der Waals surface area contributed by atoms with E-state index in [1.807, 2.05) is 30.5 Å². The fourth-order valence-electron chi connectivity index (χ4n) is 3.09. The number of hydrogen-bond acceptors (Lipinski definition) is 5. The summed E-state index contributed by atoms with van der Waals surface area (Å²) in [5, 5.41) is 5.74. The monoisotopic (exact) mass is 342 g/mol. The molecule has 0 bridgehead atoms. The zero-order valence-corrected chi connectivity index (χ0v) is 14.2. The van der Waals surface area contributed by atoms with Crippen molar-refractivity contribution < 1.29 is 14.3 Å². The van der Waals surface area contributed by atoms with Gasteiger partial charge in [0.2, 0.25) is 5.91 Å². The third kappa shape index (κ3) is 3.01. The fourth-order valence-corrected chi connectivity index (χ4v) is 3.67. The number of nitrogens with zero attached hydrogens (tertiary/aromatic N) is 1. The molecule has 2 aromatic rings. The first-order valence-corrected chi connectivity index (χ1v) is 8.93. The van der Waals surface area contributed by atoms with Crippen LogP contribution in [0.15, 0.2) is 29.7 Å². The first kappa shape index (κ1) is 15.2. The molecule has 0 radical (unpaired) electrons. The van der Waals surface area contributed by atoms with Crippen LogP contribution in [0.5, 0.6) is 11.5 Å². The largest absolute Gasteiger partial charge is 0.448 e. The van der Waals surface area contributed by atoms with E-state index in [1.54, 1.807) is 17.4 Å². The van der Waals surface area contributed by atoms with Crippen molar-refractivity contribution in [3.8, 4) is 11.5 Å². The van der Waals surface area contributed by atoms with Gasteiger partial charge in [0.15, 0.2) is 11.5 Å². The Balaban J connectivity index is 1.43. The highest BCUT2D eigenvalue weighted by molar-refractivity contribution is 7.09. The van der Waals surface area contributed by atoms with Crippen LogP contribution in [0.1, 0.15) is 36.4 Å². The van der Waals surface area contributed by atoms with E-state index in [1.165, 1.54) is 6.08 Å². The maximum absolute atomic E-state index is 12.0. The minimum absolute atomic E-state index is 0.199. The van der Waals surface area contributed by atoms with Gasteiger partial charge in [-0.3, -0.25) is 4.79 Å². The van der Waals surface area contributed by atoms with Gasteiger partial charge in [0.25, 0.3) is 5.79 Å². The first-order chi connectivity index (χ1) is 11.6. The summed E-state index contributed by atoms with van der Waals surface area (Å²) < 4.78 is 12.0. The molecule has 1 fully saturated rings. The van der Waals surface area contributed by atoms with E-state index in [-0.39, 0.29) is 5.91 Å². The standard InChI is InChI=1S/C18H18N2O3S/c1-12-19-14(11-24-12)5-7-17(21)20-13-4-6-15-16(10-13)23-18(22-15)8-2-3-9-18/h4-7,10-11H,2-3,8-9H2,1H3,(H,20,21)/b7-5+. The lowest BCUT2D eigenvalue weighted by Crippen LogP contribution is -2.34. The highest BCUT2D eigenvalue weighted by Crippen LogP contribution is 2.47. The number of anilines is 1. The molecule has 124 valence electrons. The minimum Gasteiger partial charge on any atom is -0.448 e. The van der Waals surface area contributed by atoms with Crippen molar-refractivity contribution in [3.05, 3.63) is 40.4 Å². The Bertz CT molecular complexity index is 806. The van der Waals surface area contributed by atoms with Gasteiger partial charge in [-0.05, 0) is 38.0 Å². The average molecular weight is 342 g/mol. The number of hydrogen-bond donors (Lipinski definition) is 1. The molecule has 1 aromatic heterocycles. The molecule has 1 aliphatic carbocycles. The number of carbonyl (C=O) groups excluding carboxylic acids is 1. The Morgan fingerprint density at radius 2 is 2.08 bits per heavy atom. The summed E-state index contributed by atoms with van der Waals surface area (Å²) in [6.45, 7) is 1.94. The Hall–Kier alpha value is -2.34. The van der Waals surface area contributed by atoms with Crippen LogP contribution in [0.3, 0.4) is 0 Å². The number of carbonyl (C=O) groups is 1. The lowest BCUT2D eigenvalue weighted by Gasteiger charge is -2.21. The van der Waals surface area contributed by atoms with Crippen LogP contribution in [0, 0.1) is 6.92 Å². The fraction of sp³-hybridized carbons (Fsp3) is 0.333. The maximum atomic E-state index is 12.0. The SMILES string of the molecule is Cc1nc(/C=C/C(=O)Nc2ccc3c(c2)OC2(CCCC2)O3)cs1. The molecule has 0 atom stereocenters. The molecule has 6 heteroatoms. The second kappa shape index (κ2) is 5.94. The molecule has 5 nitrogen and oxygen atoms in total. The highest BCUT2D eigenvalue weighted by Gasteiger charge is 2.44. The number of aryl methyl sites for hydroxylation is 1. The van der Waals surface area contributed by atoms with Gasteiger partial charge in [-0.25, -0.2) is 4.98 Å². The van der Waals surface area contributed by atoms with Crippen LogP contribution in [-0.2, 0) is 4.79 Å². The van der Waals surface area contributed by atoms with Crippen LogP contribution in [0.2, 0.25) is 0 Å². The number of nitrogens with one attached hydrogen (secondary N) is 1. The zero-order chi connectivity index (χ0) is 16.6. The Labute approximate surface area is 144 Å². The van der Waals surface area contributed by atoms with Gasteiger partial charge in [-0.15, -0.1) is 11.3 Å². The summed E-state index contributed by atoms with van der Waals surface area (Å²) >= 11 is 1.56. The van der Waals surface area contributed by atoms with Crippen molar-refractivity contribution in [3.63, 3.8) is 0 Å². The normalized spacial score (nSPS) is 17.7. The predicted octanol–water partition coefficient (Wildman–Crippen LogP) is 4.14. The molecule has 1 aliphatic heterocycles. The minimum atomic E-state index is -0.479. The zero-order valence-electron chi connectivity index (χ0n) is 13.4. The highest BCUT2D eigenvalue weighted by atomic mass is 32.1. The van der Waals surface area contributed by atoms with Crippen LogP contribution in [-0.4, -0.2) is 16.7 Å². The molecule has 24 heavy (non-hydrogen) atoms. The van der Waals surface area contributed by atoms with Crippen LogP contribution >= 0.6 is 11.3 Å². The topological polar surface area (TPSA) is 60.5 Å². The predicted molar refractivity (Wildman–Crippen MR) is 93.4 cm³/mol. The molecule has 0 saturated heterocycles. The van der Waals surface area contributed by atoms with Crippen molar-refractivity contribution in [2.45, 2.75) is 38.4 Å². The van der Waals surface area contributed by atoms with E-state index in [0.29, 0.717) is 11.4 Å². The van der Waals surface area contributed by atoms with Gasteiger partial charge < -0.3 is 14.8 Å². The van der Waals surface area contributed by atoms with Crippen LogP contribution < -0.4 is 14.8 Å². The van der Waals surface area contributed by atoms with Crippen molar-refractivity contribution in [2.24, 2.45) is 0 Å². The van der Waals surface area contributed by atoms with Crippen molar-refractivity contribution in [2.75, 3.05) is 5.32 Å². The number of fused-ring (bicyclic) bond motifs is 1. The molecule has 1 aromatic carbocycles. The maximum Gasteiger partial charge on any atom is 0.251 e. The van der Waals surface area contributed by atoms with Crippen LogP contribution in [0.25, 0.3) is 6.08 Å². The molecule has 1 N–H and O–H groups in total. The van der Waals surface area contributed by atoms with Crippen LogP contribution in [0.4, 0.5) is 5.69 Å². The molecule has 0 unspecified atom stereocenters. The second-order valence-electron chi connectivity index (χ2n) is 6.10. The Morgan fingerprint density at radius 1 is 1.29 bits per heavy atom. The molecule has 4 rings (SSSR count). The second-order valence-corrected chi connectivity index (χ2v) is 7.16. The average Bonchev–Trinajstić information content (AvgIpc) is 3.26. The van der Waals surface area contributed by atoms with Gasteiger partial charge in [-0.2, -0.15) is 0 Å². The van der Waals surface area contributed by atoms with Crippen molar-refractivity contribution in [1.29, 1.82) is 0 Å². The third-order valence-corrected chi connectivity index (χ3v) is 5.00. The number of amides is 1. The van der Waals surface area contributed by atoms with Crippen molar-refractivity contribution >= 4 is 29.0 Å². The van der Waals surface area contributed by atoms with E-state index in [4.69, 9.17) is 9.47 Å². The molecule has 2 aliphatic rings. The van der Waals surface area contributed by atoms with Crippen molar-refractivity contribution in [1.82, 2.24) is 4.98 Å². The first-order valence-electron chi connectivity index (χ1n) is 8.05. The van der Waals surface area contributed by atoms with Gasteiger partial charge in [0, 0.05) is 36.1 Å². The summed E-state index contributed by atoms with van der Waals surface area (Å²) in [6.07, 6.45) is 7.27. The Morgan fingerprint density at radius 3 is 2.83 bits per heavy atom. The number of benzene rings is 1. The molecule has 1 spiro atoms. The van der Waals surface area contributed by atoms with E-state index >= 15 is 0 Å². The van der Waals surface area contributed by atoms with Gasteiger partial charge in [0.05, 0.1) is 10.7 Å². The van der Waals surface area contributed by atoms with Gasteiger partial charge in [-0.1, -0.05) is 0 Å². The van der Waals surface area contributed by atoms with Gasteiger partial charge in [0.1, 0.15) is 0 Å². The molecular weight excluding hydrogens is 324 g/mol. The lowest BCUT2D eigenvalue weighted by molar-refractivity contribution is -0.111. The lowest BCUT2D eigenvalue weighted by atomic mass is 10.2. The summed E-state index contributed by atoms with van der Waals surface area (Å²) in [5.41, 5.74) is 1.48. The van der Waals surface area contributed by atoms with Gasteiger partial charge >= 0.3 is 0 Å². The Kier molecular flexibility index (Phi) is 3.76.